The minimum Gasteiger partial charge on any atom is -0.483 e. The standard InChI is InChI=1S/C24H34N4O2S/c1-6-15-28-22(17(2)30-20-13-11-18(12-14-20)24(3,4)5)26-27-23(28)31-16-21(29)25-19-9-7-8-10-19/h6,11-14,17,19H,1,7-10,15-16H2,2-5H3,(H,25,29). The van der Waals surface area contributed by atoms with Crippen LogP contribution in [0.25, 0.3) is 0 Å². The highest BCUT2D eigenvalue weighted by Crippen LogP contribution is 2.28. The molecule has 1 N–H and O–H groups in total. The van der Waals surface area contributed by atoms with Crippen molar-refractivity contribution < 1.29 is 9.53 Å². The van der Waals surface area contributed by atoms with Crippen molar-refractivity contribution in [3.63, 3.8) is 0 Å². The molecule has 1 aromatic carbocycles. The molecular weight excluding hydrogens is 408 g/mol. The van der Waals surface area contributed by atoms with Gasteiger partial charge in [-0.25, -0.2) is 0 Å². The third kappa shape index (κ3) is 6.35. The Morgan fingerprint density at radius 1 is 1.29 bits per heavy atom. The topological polar surface area (TPSA) is 69.0 Å². The van der Waals surface area contributed by atoms with Crippen molar-refractivity contribution in [1.82, 2.24) is 20.1 Å². The summed E-state index contributed by atoms with van der Waals surface area (Å²) in [5.74, 6) is 1.89. The summed E-state index contributed by atoms with van der Waals surface area (Å²) in [6, 6.07) is 8.51. The van der Waals surface area contributed by atoms with Crippen LogP contribution in [0.1, 0.15) is 70.9 Å². The highest BCUT2D eigenvalue weighted by atomic mass is 32.2. The monoisotopic (exact) mass is 442 g/mol. The highest BCUT2D eigenvalue weighted by Gasteiger charge is 2.21. The average molecular weight is 443 g/mol. The Morgan fingerprint density at radius 2 is 1.97 bits per heavy atom. The van der Waals surface area contributed by atoms with Crippen LogP contribution in [0.4, 0.5) is 0 Å². The molecule has 168 valence electrons. The molecule has 1 amide bonds. The molecule has 0 radical (unpaired) electrons. The van der Waals surface area contributed by atoms with E-state index in [1.54, 1.807) is 6.08 Å². The van der Waals surface area contributed by atoms with Crippen LogP contribution in [0.3, 0.4) is 0 Å². The minimum atomic E-state index is -0.283. The van der Waals surface area contributed by atoms with E-state index in [1.165, 1.54) is 30.2 Å². The fraction of sp³-hybridized carbons (Fsp3) is 0.542. The molecule has 7 heteroatoms. The third-order valence-corrected chi connectivity index (χ3v) is 6.47. The van der Waals surface area contributed by atoms with E-state index in [1.807, 2.05) is 23.6 Å². The number of nitrogens with one attached hydrogen (secondary N) is 1. The molecule has 1 saturated carbocycles. The number of aromatic nitrogens is 3. The molecule has 3 rings (SSSR count). The maximum Gasteiger partial charge on any atom is 0.230 e. The van der Waals surface area contributed by atoms with Crippen LogP contribution in [0.5, 0.6) is 5.75 Å². The molecule has 0 saturated heterocycles. The van der Waals surface area contributed by atoms with Gasteiger partial charge in [0.25, 0.3) is 0 Å². The minimum absolute atomic E-state index is 0.0508. The number of hydrogen-bond donors (Lipinski definition) is 1. The van der Waals surface area contributed by atoms with Gasteiger partial charge in [-0.05, 0) is 42.9 Å². The number of thioether (sulfide) groups is 1. The molecule has 0 bridgehead atoms. The zero-order valence-corrected chi connectivity index (χ0v) is 19.9. The largest absolute Gasteiger partial charge is 0.483 e. The molecule has 1 unspecified atom stereocenters. The van der Waals surface area contributed by atoms with E-state index >= 15 is 0 Å². The molecule has 6 nitrogen and oxygen atoms in total. The van der Waals surface area contributed by atoms with Crippen LogP contribution in [0, 0.1) is 0 Å². The summed E-state index contributed by atoms with van der Waals surface area (Å²) in [6.07, 6.45) is 6.09. The first kappa shape index (κ1) is 23.4. The summed E-state index contributed by atoms with van der Waals surface area (Å²) in [7, 11) is 0. The average Bonchev–Trinajstić information content (AvgIpc) is 3.36. The number of ether oxygens (including phenoxy) is 1. The zero-order valence-electron chi connectivity index (χ0n) is 19.1. The maximum absolute atomic E-state index is 12.3. The summed E-state index contributed by atoms with van der Waals surface area (Å²) in [4.78, 5) is 12.3. The Bertz CT molecular complexity index is 880. The lowest BCUT2D eigenvalue weighted by Gasteiger charge is -2.20. The smallest absolute Gasteiger partial charge is 0.230 e. The molecule has 2 aromatic rings. The molecule has 1 atom stereocenters. The summed E-state index contributed by atoms with van der Waals surface area (Å²) in [5.41, 5.74) is 1.36. The van der Waals surface area contributed by atoms with E-state index < -0.39 is 0 Å². The summed E-state index contributed by atoms with van der Waals surface area (Å²) in [5, 5.41) is 12.5. The second kappa shape index (κ2) is 10.4. The van der Waals surface area contributed by atoms with E-state index in [-0.39, 0.29) is 17.4 Å². The van der Waals surface area contributed by atoms with E-state index in [0.717, 1.165) is 24.4 Å². The lowest BCUT2D eigenvalue weighted by atomic mass is 9.87. The van der Waals surface area contributed by atoms with Crippen LogP contribution in [-0.2, 0) is 16.8 Å². The lowest BCUT2D eigenvalue weighted by Crippen LogP contribution is -2.33. The van der Waals surface area contributed by atoms with Crippen LogP contribution < -0.4 is 10.1 Å². The maximum atomic E-state index is 12.3. The Labute approximate surface area is 189 Å². The van der Waals surface area contributed by atoms with Gasteiger partial charge in [0.1, 0.15) is 5.75 Å². The van der Waals surface area contributed by atoms with E-state index in [0.29, 0.717) is 23.5 Å². The van der Waals surface area contributed by atoms with Gasteiger partial charge in [-0.2, -0.15) is 0 Å². The lowest BCUT2D eigenvalue weighted by molar-refractivity contribution is -0.119. The SMILES string of the molecule is C=CCn1c(SCC(=O)NC2CCCC2)nnc1C(C)Oc1ccc(C(C)(C)C)cc1. The number of nitrogens with zero attached hydrogens (tertiary/aromatic N) is 3. The molecule has 1 aromatic heterocycles. The van der Waals surface area contributed by atoms with Gasteiger partial charge in [0.05, 0.1) is 5.75 Å². The zero-order chi connectivity index (χ0) is 22.4. The summed E-state index contributed by atoms with van der Waals surface area (Å²) in [6.45, 7) is 12.9. The van der Waals surface area contributed by atoms with Crippen molar-refractivity contribution in [2.24, 2.45) is 0 Å². The Hall–Kier alpha value is -2.28. The van der Waals surface area contributed by atoms with E-state index in [9.17, 15) is 4.79 Å². The van der Waals surface area contributed by atoms with Crippen molar-refractivity contribution >= 4 is 17.7 Å². The normalized spacial score (nSPS) is 15.6. The number of benzene rings is 1. The fourth-order valence-electron chi connectivity index (χ4n) is 3.77. The first-order valence-corrected chi connectivity index (χ1v) is 12.0. The molecule has 0 spiro atoms. The fourth-order valence-corrected chi connectivity index (χ4v) is 4.53. The van der Waals surface area contributed by atoms with Gasteiger partial charge in [-0.1, -0.05) is 63.6 Å². The van der Waals surface area contributed by atoms with Crippen molar-refractivity contribution in [2.75, 3.05) is 5.75 Å². The molecule has 31 heavy (non-hydrogen) atoms. The van der Waals surface area contributed by atoms with Crippen molar-refractivity contribution in [1.29, 1.82) is 0 Å². The van der Waals surface area contributed by atoms with Crippen LogP contribution in [-0.4, -0.2) is 32.5 Å². The van der Waals surface area contributed by atoms with Crippen molar-refractivity contribution in [3.05, 3.63) is 48.3 Å². The van der Waals surface area contributed by atoms with Gasteiger partial charge in [0.15, 0.2) is 17.1 Å². The van der Waals surface area contributed by atoms with E-state index in [2.05, 4.69) is 55.0 Å². The van der Waals surface area contributed by atoms with Gasteiger partial charge in [0, 0.05) is 12.6 Å². The first-order valence-electron chi connectivity index (χ1n) is 11.0. The molecule has 1 aliphatic rings. The number of allylic oxidation sites excluding steroid dienone is 1. The number of hydrogen-bond acceptors (Lipinski definition) is 5. The molecule has 1 aliphatic carbocycles. The molecular formula is C24H34N4O2S. The van der Waals surface area contributed by atoms with Crippen LogP contribution in [0.15, 0.2) is 42.1 Å². The Balaban J connectivity index is 1.64. The molecule has 1 heterocycles. The Morgan fingerprint density at radius 3 is 2.58 bits per heavy atom. The summed E-state index contributed by atoms with van der Waals surface area (Å²) < 4.78 is 8.10. The van der Waals surface area contributed by atoms with Gasteiger partial charge in [-0.15, -0.1) is 16.8 Å². The number of amides is 1. The first-order chi connectivity index (χ1) is 14.8. The van der Waals surface area contributed by atoms with Gasteiger partial charge < -0.3 is 10.1 Å². The second-order valence-electron chi connectivity index (χ2n) is 9.11. The number of carbonyl (C=O) groups is 1. The predicted molar refractivity (Wildman–Crippen MR) is 126 cm³/mol. The van der Waals surface area contributed by atoms with E-state index in [4.69, 9.17) is 4.74 Å². The van der Waals surface area contributed by atoms with Crippen LogP contribution in [0.2, 0.25) is 0 Å². The quantitative estimate of drug-likeness (QED) is 0.435. The number of carbonyl (C=O) groups excluding carboxylic acids is 1. The van der Waals surface area contributed by atoms with Crippen LogP contribution >= 0.6 is 11.8 Å². The van der Waals surface area contributed by atoms with Gasteiger partial charge in [-0.3, -0.25) is 9.36 Å². The molecule has 0 aliphatic heterocycles. The second-order valence-corrected chi connectivity index (χ2v) is 10.1. The van der Waals surface area contributed by atoms with Crippen molar-refractivity contribution in [2.45, 2.75) is 82.6 Å². The van der Waals surface area contributed by atoms with Crippen molar-refractivity contribution in [3.8, 4) is 5.75 Å². The van der Waals surface area contributed by atoms with Gasteiger partial charge in [0.2, 0.25) is 5.91 Å². The predicted octanol–water partition coefficient (Wildman–Crippen LogP) is 5.05. The van der Waals surface area contributed by atoms with Gasteiger partial charge >= 0.3 is 0 Å². The third-order valence-electron chi connectivity index (χ3n) is 5.51. The number of rotatable bonds is 9. The Kier molecular flexibility index (Phi) is 7.81. The molecule has 1 fully saturated rings. The summed E-state index contributed by atoms with van der Waals surface area (Å²) >= 11 is 1.40. The highest BCUT2D eigenvalue weighted by molar-refractivity contribution is 7.99.